The summed E-state index contributed by atoms with van der Waals surface area (Å²) in [6, 6.07) is 0.196. The molecule has 0 saturated heterocycles. The third-order valence-electron chi connectivity index (χ3n) is 3.03. The highest BCUT2D eigenvalue weighted by molar-refractivity contribution is 7.19. The van der Waals surface area contributed by atoms with E-state index in [2.05, 4.69) is 10.1 Å². The molecular weight excluding hydrogens is 280 g/mol. The van der Waals surface area contributed by atoms with Crippen LogP contribution in [0.25, 0.3) is 0 Å². The Kier molecular flexibility index (Phi) is 5.82. The molecule has 0 radical (unpaired) electrons. The molecule has 0 atom stereocenters. The zero-order chi connectivity index (χ0) is 15.3. The van der Waals surface area contributed by atoms with Gasteiger partial charge in [-0.1, -0.05) is 13.8 Å². The monoisotopic (exact) mass is 300 g/mol. The number of thiophene rings is 1. The third kappa shape index (κ3) is 3.22. The second-order valence-electron chi connectivity index (χ2n) is 4.19. The number of nitrogen functional groups attached to an aromatic ring is 1. The summed E-state index contributed by atoms with van der Waals surface area (Å²) in [5.41, 5.74) is 6.18. The molecule has 112 valence electrons. The van der Waals surface area contributed by atoms with E-state index >= 15 is 0 Å². The molecule has 3 N–H and O–H groups in total. The summed E-state index contributed by atoms with van der Waals surface area (Å²) in [5.74, 6) is -1.13. The maximum absolute atomic E-state index is 11.8. The number of hydrogen-bond donors (Lipinski definition) is 2. The molecule has 1 heterocycles. The van der Waals surface area contributed by atoms with E-state index in [1.54, 1.807) is 0 Å². The molecule has 0 unspecified atom stereocenters. The number of anilines is 2. The highest BCUT2D eigenvalue weighted by Crippen LogP contribution is 2.37. The van der Waals surface area contributed by atoms with Crippen LogP contribution in [0.4, 0.5) is 10.7 Å². The van der Waals surface area contributed by atoms with Crippen LogP contribution in [-0.4, -0.2) is 32.2 Å². The quantitative estimate of drug-likeness (QED) is 0.784. The fourth-order valence-electron chi connectivity index (χ4n) is 1.77. The Morgan fingerprint density at radius 2 is 1.75 bits per heavy atom. The van der Waals surface area contributed by atoms with Crippen molar-refractivity contribution < 1.29 is 19.1 Å². The van der Waals surface area contributed by atoms with Crippen molar-refractivity contribution in [1.29, 1.82) is 0 Å². The summed E-state index contributed by atoms with van der Waals surface area (Å²) in [7, 11) is 2.55. The average Bonchev–Trinajstić information content (AvgIpc) is 2.79. The number of carbonyl (C=O) groups excluding carboxylic acids is 2. The number of carbonyl (C=O) groups is 2. The molecule has 0 aromatic carbocycles. The third-order valence-corrected chi connectivity index (χ3v) is 4.14. The van der Waals surface area contributed by atoms with Crippen LogP contribution >= 0.6 is 11.3 Å². The predicted octanol–water partition coefficient (Wildman–Crippen LogP) is 2.50. The van der Waals surface area contributed by atoms with Crippen molar-refractivity contribution in [2.45, 2.75) is 32.7 Å². The molecule has 0 saturated carbocycles. The maximum atomic E-state index is 11.8. The number of hydrogen-bond acceptors (Lipinski definition) is 7. The van der Waals surface area contributed by atoms with Crippen molar-refractivity contribution in [3.05, 3.63) is 10.4 Å². The Labute approximate surface area is 122 Å². The Morgan fingerprint density at radius 3 is 2.20 bits per heavy atom. The second-order valence-corrected chi connectivity index (χ2v) is 5.21. The van der Waals surface area contributed by atoms with Gasteiger partial charge < -0.3 is 20.5 Å². The molecule has 20 heavy (non-hydrogen) atoms. The number of ether oxygens (including phenoxy) is 2. The summed E-state index contributed by atoms with van der Waals surface area (Å²) in [6.45, 7) is 4.08. The van der Waals surface area contributed by atoms with Gasteiger partial charge >= 0.3 is 11.9 Å². The number of nitrogens with two attached hydrogens (primary N) is 1. The van der Waals surface area contributed by atoms with Crippen molar-refractivity contribution in [3.63, 3.8) is 0 Å². The standard InChI is InChI=1S/C13H20N2O4S/c1-5-7(6-2)15-11-8(12(16)18-3)9(14)10(20-11)13(17)19-4/h7,15H,5-6,14H2,1-4H3. The maximum Gasteiger partial charge on any atom is 0.350 e. The van der Waals surface area contributed by atoms with Crippen LogP contribution in [0.2, 0.25) is 0 Å². The van der Waals surface area contributed by atoms with Gasteiger partial charge in [0.05, 0.1) is 19.9 Å². The Balaban J connectivity index is 3.26. The van der Waals surface area contributed by atoms with Gasteiger partial charge in [0.1, 0.15) is 15.4 Å². The summed E-state index contributed by atoms with van der Waals surface area (Å²) >= 11 is 1.11. The van der Waals surface area contributed by atoms with Gasteiger partial charge in [-0.2, -0.15) is 0 Å². The second kappa shape index (κ2) is 7.14. The fourth-order valence-corrected chi connectivity index (χ4v) is 2.88. The molecule has 0 bridgehead atoms. The topological polar surface area (TPSA) is 90.6 Å². The van der Waals surface area contributed by atoms with E-state index in [0.29, 0.717) is 5.00 Å². The molecular formula is C13H20N2O4S. The van der Waals surface area contributed by atoms with Gasteiger partial charge in [0.25, 0.3) is 0 Å². The lowest BCUT2D eigenvalue weighted by Gasteiger charge is -2.15. The molecule has 1 aromatic heterocycles. The largest absolute Gasteiger partial charge is 0.465 e. The van der Waals surface area contributed by atoms with Gasteiger partial charge in [0.2, 0.25) is 0 Å². The van der Waals surface area contributed by atoms with Crippen LogP contribution in [-0.2, 0) is 9.47 Å². The van der Waals surface area contributed by atoms with Gasteiger partial charge in [-0.25, -0.2) is 9.59 Å². The predicted molar refractivity (Wildman–Crippen MR) is 79.4 cm³/mol. The summed E-state index contributed by atoms with van der Waals surface area (Å²) in [5, 5.41) is 3.78. The van der Waals surface area contributed by atoms with E-state index in [1.807, 2.05) is 13.8 Å². The number of nitrogens with one attached hydrogen (secondary N) is 1. The highest BCUT2D eigenvalue weighted by atomic mass is 32.1. The Hall–Kier alpha value is -1.76. The minimum atomic E-state index is -0.567. The van der Waals surface area contributed by atoms with E-state index in [1.165, 1.54) is 14.2 Å². The first-order valence-electron chi connectivity index (χ1n) is 6.35. The van der Waals surface area contributed by atoms with Crippen LogP contribution < -0.4 is 11.1 Å². The minimum absolute atomic E-state index is 0.0992. The lowest BCUT2D eigenvalue weighted by atomic mass is 10.1. The van der Waals surface area contributed by atoms with Crippen molar-refractivity contribution >= 4 is 34.0 Å². The van der Waals surface area contributed by atoms with Crippen molar-refractivity contribution in [3.8, 4) is 0 Å². The van der Waals surface area contributed by atoms with Gasteiger partial charge in [-0.3, -0.25) is 0 Å². The van der Waals surface area contributed by atoms with Gasteiger partial charge in [-0.05, 0) is 12.8 Å². The first-order valence-corrected chi connectivity index (χ1v) is 7.17. The molecule has 0 fully saturated rings. The van der Waals surface area contributed by atoms with Crippen molar-refractivity contribution in [2.75, 3.05) is 25.3 Å². The zero-order valence-electron chi connectivity index (χ0n) is 12.1. The molecule has 0 amide bonds. The van der Waals surface area contributed by atoms with E-state index in [4.69, 9.17) is 10.5 Å². The lowest BCUT2D eigenvalue weighted by Crippen LogP contribution is -2.18. The number of esters is 2. The van der Waals surface area contributed by atoms with Crippen LogP contribution in [0.3, 0.4) is 0 Å². The molecule has 0 aliphatic heterocycles. The van der Waals surface area contributed by atoms with Crippen LogP contribution in [0.1, 0.15) is 46.7 Å². The van der Waals surface area contributed by atoms with Crippen molar-refractivity contribution in [1.82, 2.24) is 0 Å². The molecule has 6 nitrogen and oxygen atoms in total. The lowest BCUT2D eigenvalue weighted by molar-refractivity contribution is 0.0602. The molecule has 7 heteroatoms. The van der Waals surface area contributed by atoms with Gasteiger partial charge in [-0.15, -0.1) is 11.3 Å². The average molecular weight is 300 g/mol. The van der Waals surface area contributed by atoms with E-state index < -0.39 is 11.9 Å². The van der Waals surface area contributed by atoms with E-state index in [9.17, 15) is 9.59 Å². The molecule has 1 aromatic rings. The molecule has 1 rings (SSSR count). The number of methoxy groups -OCH3 is 2. The highest BCUT2D eigenvalue weighted by Gasteiger charge is 2.27. The first kappa shape index (κ1) is 16.3. The van der Waals surface area contributed by atoms with Crippen LogP contribution in [0.5, 0.6) is 0 Å². The van der Waals surface area contributed by atoms with Crippen molar-refractivity contribution in [2.24, 2.45) is 0 Å². The summed E-state index contributed by atoms with van der Waals surface area (Å²) in [6.07, 6.45) is 1.78. The van der Waals surface area contributed by atoms with Crippen LogP contribution in [0, 0.1) is 0 Å². The first-order chi connectivity index (χ1) is 9.49. The smallest absolute Gasteiger partial charge is 0.350 e. The Morgan fingerprint density at radius 1 is 1.20 bits per heavy atom. The fraction of sp³-hybridized carbons (Fsp3) is 0.538. The molecule has 0 spiro atoms. The summed E-state index contributed by atoms with van der Waals surface area (Å²) < 4.78 is 9.40. The zero-order valence-corrected chi connectivity index (χ0v) is 12.9. The Bertz CT molecular complexity index is 495. The molecule has 0 aliphatic rings. The van der Waals surface area contributed by atoms with Gasteiger partial charge in [0.15, 0.2) is 0 Å². The van der Waals surface area contributed by atoms with E-state index in [0.717, 1.165) is 24.2 Å². The van der Waals surface area contributed by atoms with E-state index in [-0.39, 0.29) is 22.2 Å². The number of rotatable bonds is 6. The normalized spacial score (nSPS) is 10.4. The van der Waals surface area contributed by atoms with Gasteiger partial charge in [0, 0.05) is 6.04 Å². The molecule has 0 aliphatic carbocycles. The minimum Gasteiger partial charge on any atom is -0.465 e. The van der Waals surface area contributed by atoms with Crippen LogP contribution in [0.15, 0.2) is 0 Å². The summed E-state index contributed by atoms with van der Waals surface area (Å²) in [4.78, 5) is 23.7. The SMILES string of the molecule is CCC(CC)Nc1sc(C(=O)OC)c(N)c1C(=O)OC.